The average Bonchev–Trinajstić information content (AvgIpc) is 3.21. The molecule has 1 saturated heterocycles. The highest BCUT2D eigenvalue weighted by atomic mass is 16.5. The van der Waals surface area contributed by atoms with Crippen LogP contribution in [0.3, 0.4) is 0 Å². The fourth-order valence-corrected chi connectivity index (χ4v) is 2.36. The van der Waals surface area contributed by atoms with Crippen molar-refractivity contribution in [2.24, 2.45) is 5.92 Å². The molecule has 2 N–H and O–H groups in total. The molecule has 1 saturated carbocycles. The van der Waals surface area contributed by atoms with Gasteiger partial charge in [-0.05, 0) is 44.6 Å². The molecule has 0 bridgehead atoms. The van der Waals surface area contributed by atoms with Crippen molar-refractivity contribution >= 4 is 5.91 Å². The minimum absolute atomic E-state index is 0.164. The second kappa shape index (κ2) is 7.74. The summed E-state index contributed by atoms with van der Waals surface area (Å²) in [7, 11) is 0. The van der Waals surface area contributed by atoms with Crippen LogP contribution in [0.4, 0.5) is 0 Å². The van der Waals surface area contributed by atoms with Crippen molar-refractivity contribution in [1.82, 2.24) is 10.6 Å². The maximum atomic E-state index is 11.6. The summed E-state index contributed by atoms with van der Waals surface area (Å²) in [4.78, 5) is 11.6. The van der Waals surface area contributed by atoms with E-state index in [1.807, 2.05) is 0 Å². The summed E-state index contributed by atoms with van der Waals surface area (Å²) in [5.41, 5.74) is 0. The van der Waals surface area contributed by atoms with Crippen LogP contribution in [0.1, 0.15) is 44.9 Å². The molecule has 0 aromatic carbocycles. The van der Waals surface area contributed by atoms with Gasteiger partial charge in [0.05, 0.1) is 6.61 Å². The third kappa shape index (κ3) is 5.83. The topological polar surface area (TPSA) is 50.4 Å². The van der Waals surface area contributed by atoms with Crippen LogP contribution < -0.4 is 10.6 Å². The van der Waals surface area contributed by atoms with E-state index in [4.69, 9.17) is 4.74 Å². The van der Waals surface area contributed by atoms with Gasteiger partial charge in [0.2, 0.25) is 5.91 Å². The fourth-order valence-electron chi connectivity index (χ4n) is 2.36. The molecule has 2 rings (SSSR count). The van der Waals surface area contributed by atoms with Gasteiger partial charge in [-0.1, -0.05) is 6.42 Å². The van der Waals surface area contributed by atoms with Crippen LogP contribution in [-0.4, -0.2) is 38.3 Å². The number of hydrogen-bond donors (Lipinski definition) is 2. The van der Waals surface area contributed by atoms with Crippen molar-refractivity contribution in [2.45, 2.75) is 51.0 Å². The van der Waals surface area contributed by atoms with Crippen molar-refractivity contribution in [1.29, 1.82) is 0 Å². The summed E-state index contributed by atoms with van der Waals surface area (Å²) >= 11 is 0. The normalized spacial score (nSPS) is 23.9. The zero-order chi connectivity index (χ0) is 12.6. The summed E-state index contributed by atoms with van der Waals surface area (Å²) in [5.74, 6) is 0.968. The second-order valence-corrected chi connectivity index (χ2v) is 5.55. The van der Waals surface area contributed by atoms with Gasteiger partial charge in [0, 0.05) is 25.6 Å². The molecule has 18 heavy (non-hydrogen) atoms. The van der Waals surface area contributed by atoms with Crippen molar-refractivity contribution in [2.75, 3.05) is 26.3 Å². The highest BCUT2D eigenvalue weighted by Crippen LogP contribution is 2.28. The van der Waals surface area contributed by atoms with E-state index in [1.54, 1.807) is 0 Å². The zero-order valence-electron chi connectivity index (χ0n) is 11.2. The molecule has 0 aromatic rings. The Morgan fingerprint density at radius 1 is 1.28 bits per heavy atom. The minimum atomic E-state index is 0.164. The minimum Gasteiger partial charge on any atom is -0.379 e. The quantitative estimate of drug-likeness (QED) is 0.645. The Morgan fingerprint density at radius 2 is 2.17 bits per heavy atom. The van der Waals surface area contributed by atoms with E-state index in [1.165, 1.54) is 32.1 Å². The van der Waals surface area contributed by atoms with Crippen molar-refractivity contribution in [3.63, 3.8) is 0 Å². The number of carbonyl (C=O) groups excluding carboxylic acids is 1. The van der Waals surface area contributed by atoms with E-state index in [0.29, 0.717) is 25.6 Å². The molecule has 0 radical (unpaired) electrons. The Labute approximate surface area is 110 Å². The fraction of sp³-hybridized carbons (Fsp3) is 0.929. The smallest absolute Gasteiger partial charge is 0.220 e. The molecule has 1 unspecified atom stereocenters. The summed E-state index contributed by atoms with van der Waals surface area (Å²) < 4.78 is 5.48. The lowest BCUT2D eigenvalue weighted by molar-refractivity contribution is -0.121. The van der Waals surface area contributed by atoms with E-state index in [-0.39, 0.29) is 5.91 Å². The molecule has 1 atom stereocenters. The van der Waals surface area contributed by atoms with Crippen molar-refractivity contribution in [3.05, 3.63) is 0 Å². The number of ether oxygens (including phenoxy) is 1. The van der Waals surface area contributed by atoms with Gasteiger partial charge in [-0.3, -0.25) is 4.79 Å². The largest absolute Gasteiger partial charge is 0.379 e. The maximum Gasteiger partial charge on any atom is 0.220 e. The second-order valence-electron chi connectivity index (χ2n) is 5.55. The molecule has 1 aliphatic carbocycles. The van der Waals surface area contributed by atoms with Gasteiger partial charge in [0.15, 0.2) is 0 Å². The van der Waals surface area contributed by atoms with Crippen molar-refractivity contribution in [3.8, 4) is 0 Å². The molecule has 104 valence electrons. The Bertz CT molecular complexity index is 248. The Morgan fingerprint density at radius 3 is 2.89 bits per heavy atom. The molecular weight excluding hydrogens is 228 g/mol. The van der Waals surface area contributed by atoms with Crippen LogP contribution in [0.2, 0.25) is 0 Å². The lowest BCUT2D eigenvalue weighted by Crippen LogP contribution is -2.35. The zero-order valence-corrected chi connectivity index (χ0v) is 11.2. The van der Waals surface area contributed by atoms with Crippen LogP contribution >= 0.6 is 0 Å². The van der Waals surface area contributed by atoms with Gasteiger partial charge in [0.25, 0.3) is 0 Å². The van der Waals surface area contributed by atoms with E-state index < -0.39 is 0 Å². The van der Waals surface area contributed by atoms with E-state index >= 15 is 0 Å². The molecule has 0 aromatic heterocycles. The average molecular weight is 254 g/mol. The third-order valence-corrected chi connectivity index (χ3v) is 3.75. The van der Waals surface area contributed by atoms with Gasteiger partial charge in [-0.15, -0.1) is 0 Å². The number of amides is 1. The summed E-state index contributed by atoms with van der Waals surface area (Å²) in [6.07, 6.45) is 8.05. The van der Waals surface area contributed by atoms with Crippen molar-refractivity contribution < 1.29 is 9.53 Å². The monoisotopic (exact) mass is 254 g/mol. The SMILES string of the molecule is O=C(CCC1CCCCN1)NCCOCC1CC1. The van der Waals surface area contributed by atoms with Gasteiger partial charge in [-0.25, -0.2) is 0 Å². The molecule has 4 nitrogen and oxygen atoms in total. The first kappa shape index (κ1) is 13.8. The molecule has 2 fully saturated rings. The van der Waals surface area contributed by atoms with Gasteiger partial charge >= 0.3 is 0 Å². The van der Waals surface area contributed by atoms with Crippen LogP contribution in [0.25, 0.3) is 0 Å². The summed E-state index contributed by atoms with van der Waals surface area (Å²) in [6.45, 7) is 3.30. The first-order valence-electron chi connectivity index (χ1n) is 7.42. The number of piperidine rings is 1. The Hall–Kier alpha value is -0.610. The van der Waals surface area contributed by atoms with E-state index in [0.717, 1.165) is 25.5 Å². The van der Waals surface area contributed by atoms with Gasteiger partial charge in [-0.2, -0.15) is 0 Å². The molecule has 1 heterocycles. The predicted octanol–water partition coefficient (Wildman–Crippen LogP) is 1.45. The first-order valence-corrected chi connectivity index (χ1v) is 7.42. The van der Waals surface area contributed by atoms with E-state index in [9.17, 15) is 4.79 Å². The first-order chi connectivity index (χ1) is 8.84. The summed E-state index contributed by atoms with van der Waals surface area (Å²) in [5, 5.41) is 6.39. The predicted molar refractivity (Wildman–Crippen MR) is 71.4 cm³/mol. The summed E-state index contributed by atoms with van der Waals surface area (Å²) in [6, 6.07) is 0.551. The lowest BCUT2D eigenvalue weighted by atomic mass is 10.0. The third-order valence-electron chi connectivity index (χ3n) is 3.75. The lowest BCUT2D eigenvalue weighted by Gasteiger charge is -2.23. The molecule has 1 amide bonds. The van der Waals surface area contributed by atoms with Crippen LogP contribution in [0.5, 0.6) is 0 Å². The molecule has 2 aliphatic rings. The number of hydrogen-bond acceptors (Lipinski definition) is 3. The molecule has 4 heteroatoms. The molecule has 0 spiro atoms. The Balaban J connectivity index is 1.41. The maximum absolute atomic E-state index is 11.6. The Kier molecular flexibility index (Phi) is 5.94. The molecule has 1 aliphatic heterocycles. The highest BCUT2D eigenvalue weighted by molar-refractivity contribution is 5.75. The van der Waals surface area contributed by atoms with Gasteiger partial charge < -0.3 is 15.4 Å². The van der Waals surface area contributed by atoms with E-state index in [2.05, 4.69) is 10.6 Å². The van der Waals surface area contributed by atoms with Crippen LogP contribution in [0.15, 0.2) is 0 Å². The molecular formula is C14H26N2O2. The number of rotatable bonds is 8. The number of carbonyl (C=O) groups is 1. The van der Waals surface area contributed by atoms with Gasteiger partial charge in [0.1, 0.15) is 0 Å². The highest BCUT2D eigenvalue weighted by Gasteiger charge is 2.20. The number of nitrogens with one attached hydrogen (secondary N) is 2. The standard InChI is InChI=1S/C14H26N2O2/c17-14(7-6-13-3-1-2-8-15-13)16-9-10-18-11-12-4-5-12/h12-13,15H,1-11H2,(H,16,17). The van der Waals surface area contributed by atoms with Crippen LogP contribution in [-0.2, 0) is 9.53 Å². The van der Waals surface area contributed by atoms with Crippen LogP contribution in [0, 0.1) is 5.92 Å².